The fourth-order valence-corrected chi connectivity index (χ4v) is 3.89. The van der Waals surface area contributed by atoms with Gasteiger partial charge in [-0.05, 0) is 42.2 Å². The first kappa shape index (κ1) is 16.5. The zero-order chi connectivity index (χ0) is 16.4. The third kappa shape index (κ3) is 3.95. The van der Waals surface area contributed by atoms with Crippen LogP contribution in [0.2, 0.25) is 0 Å². The van der Waals surface area contributed by atoms with E-state index in [-0.39, 0.29) is 5.92 Å². The lowest BCUT2D eigenvalue weighted by Crippen LogP contribution is -2.39. The molecule has 126 valence electrons. The summed E-state index contributed by atoms with van der Waals surface area (Å²) in [7, 11) is 0. The van der Waals surface area contributed by atoms with E-state index < -0.39 is 0 Å². The molecule has 3 rings (SSSR count). The van der Waals surface area contributed by atoms with E-state index in [0.29, 0.717) is 30.3 Å². The van der Waals surface area contributed by atoms with Gasteiger partial charge in [-0.15, -0.1) is 0 Å². The Bertz CT molecular complexity index is 537. The summed E-state index contributed by atoms with van der Waals surface area (Å²) in [4.78, 5) is 14.8. The van der Waals surface area contributed by atoms with Gasteiger partial charge in [0.25, 0.3) is 0 Å². The Labute approximate surface area is 140 Å². The van der Waals surface area contributed by atoms with Crippen molar-refractivity contribution in [3.05, 3.63) is 35.4 Å². The summed E-state index contributed by atoms with van der Waals surface area (Å²) in [6.45, 7) is 8.41. The van der Waals surface area contributed by atoms with Gasteiger partial charge in [-0.3, -0.25) is 4.79 Å². The van der Waals surface area contributed by atoms with Crippen LogP contribution >= 0.6 is 0 Å². The second-order valence-corrected chi connectivity index (χ2v) is 7.69. The molecule has 23 heavy (non-hydrogen) atoms. The Morgan fingerprint density at radius 2 is 1.74 bits per heavy atom. The molecule has 0 radical (unpaired) electrons. The van der Waals surface area contributed by atoms with Crippen LogP contribution in [-0.2, 0) is 4.79 Å². The minimum Gasteiger partial charge on any atom is -0.341 e. The summed E-state index contributed by atoms with van der Waals surface area (Å²) >= 11 is 0. The minimum atomic E-state index is 0.289. The van der Waals surface area contributed by atoms with Gasteiger partial charge < -0.3 is 10.2 Å². The van der Waals surface area contributed by atoms with E-state index in [9.17, 15) is 4.79 Å². The number of carbonyl (C=O) groups is 1. The van der Waals surface area contributed by atoms with Crippen molar-refractivity contribution in [2.24, 2.45) is 0 Å². The van der Waals surface area contributed by atoms with Crippen molar-refractivity contribution < 1.29 is 4.79 Å². The fraction of sp³-hybridized carbons (Fsp3) is 0.650. The highest BCUT2D eigenvalue weighted by Crippen LogP contribution is 2.25. The molecule has 3 heteroatoms. The van der Waals surface area contributed by atoms with E-state index in [0.717, 1.165) is 19.5 Å². The van der Waals surface area contributed by atoms with Gasteiger partial charge in [0.05, 0.1) is 0 Å². The lowest BCUT2D eigenvalue weighted by Gasteiger charge is -2.26. The molecule has 3 atom stereocenters. The summed E-state index contributed by atoms with van der Waals surface area (Å²) in [5.74, 6) is 1.16. The number of fused-ring (bicyclic) bond motifs is 2. The van der Waals surface area contributed by atoms with Crippen molar-refractivity contribution in [2.45, 2.75) is 70.4 Å². The third-order valence-corrected chi connectivity index (χ3v) is 5.53. The second kappa shape index (κ2) is 7.04. The highest BCUT2D eigenvalue weighted by molar-refractivity contribution is 5.77. The second-order valence-electron chi connectivity index (χ2n) is 7.69. The molecular weight excluding hydrogens is 284 g/mol. The Hall–Kier alpha value is -1.35. The molecule has 2 bridgehead atoms. The van der Waals surface area contributed by atoms with Crippen LogP contribution in [0.3, 0.4) is 0 Å². The maximum absolute atomic E-state index is 12.7. The molecule has 2 heterocycles. The molecule has 2 aliphatic heterocycles. The quantitative estimate of drug-likeness (QED) is 0.920. The molecule has 2 saturated heterocycles. The van der Waals surface area contributed by atoms with E-state index in [1.54, 1.807) is 0 Å². The SMILES string of the molecule is CC(C)c1ccc(C(C)CC(=O)N2CCC3CCC(C2)N3)cc1. The summed E-state index contributed by atoms with van der Waals surface area (Å²) in [5, 5.41) is 3.65. The fourth-order valence-electron chi connectivity index (χ4n) is 3.89. The highest BCUT2D eigenvalue weighted by Gasteiger charge is 2.31. The smallest absolute Gasteiger partial charge is 0.223 e. The van der Waals surface area contributed by atoms with Gasteiger partial charge in [0.2, 0.25) is 5.91 Å². The van der Waals surface area contributed by atoms with Crippen molar-refractivity contribution in [1.82, 2.24) is 10.2 Å². The molecule has 0 saturated carbocycles. The van der Waals surface area contributed by atoms with Gasteiger partial charge in [0.15, 0.2) is 0 Å². The molecule has 1 N–H and O–H groups in total. The predicted octanol–water partition coefficient (Wildman–Crippen LogP) is 3.66. The number of nitrogens with one attached hydrogen (secondary N) is 1. The lowest BCUT2D eigenvalue weighted by atomic mass is 9.94. The van der Waals surface area contributed by atoms with Crippen LogP contribution in [0, 0.1) is 0 Å². The first-order chi connectivity index (χ1) is 11.0. The number of rotatable bonds is 4. The summed E-state index contributed by atoms with van der Waals surface area (Å²) in [5.41, 5.74) is 2.64. The highest BCUT2D eigenvalue weighted by atomic mass is 16.2. The number of hydrogen-bond donors (Lipinski definition) is 1. The zero-order valence-corrected chi connectivity index (χ0v) is 14.7. The average molecular weight is 314 g/mol. The summed E-state index contributed by atoms with van der Waals surface area (Å²) in [6.07, 6.45) is 4.24. The van der Waals surface area contributed by atoms with Gasteiger partial charge in [-0.25, -0.2) is 0 Å². The van der Waals surface area contributed by atoms with Gasteiger partial charge in [-0.1, -0.05) is 45.0 Å². The van der Waals surface area contributed by atoms with E-state index >= 15 is 0 Å². The predicted molar refractivity (Wildman–Crippen MR) is 94.7 cm³/mol. The Morgan fingerprint density at radius 1 is 1.09 bits per heavy atom. The van der Waals surface area contributed by atoms with Crippen LogP contribution < -0.4 is 5.32 Å². The Balaban J connectivity index is 1.58. The molecule has 1 amide bonds. The maximum atomic E-state index is 12.7. The van der Waals surface area contributed by atoms with Gasteiger partial charge >= 0.3 is 0 Å². The molecule has 1 aromatic rings. The van der Waals surface area contributed by atoms with Crippen molar-refractivity contribution >= 4 is 5.91 Å². The van der Waals surface area contributed by atoms with Gasteiger partial charge in [0.1, 0.15) is 0 Å². The van der Waals surface area contributed by atoms with E-state index in [1.807, 2.05) is 0 Å². The van der Waals surface area contributed by atoms with Crippen molar-refractivity contribution in [1.29, 1.82) is 0 Å². The normalized spacial score (nSPS) is 25.5. The van der Waals surface area contributed by atoms with Crippen LogP contribution in [0.5, 0.6) is 0 Å². The standard InChI is InChI=1S/C20H30N2O/c1-14(2)16-4-6-17(7-5-16)15(3)12-20(23)22-11-10-18-8-9-19(13-22)21-18/h4-7,14-15,18-19,21H,8-13H2,1-3H3. The molecule has 1 aromatic carbocycles. The number of nitrogens with zero attached hydrogens (tertiary/aromatic N) is 1. The van der Waals surface area contributed by atoms with Crippen LogP contribution in [0.15, 0.2) is 24.3 Å². The Morgan fingerprint density at radius 3 is 2.43 bits per heavy atom. The number of benzene rings is 1. The molecular formula is C20H30N2O. The van der Waals surface area contributed by atoms with Crippen LogP contribution in [0.1, 0.15) is 69.4 Å². The van der Waals surface area contributed by atoms with Gasteiger partial charge in [-0.2, -0.15) is 0 Å². The first-order valence-corrected chi connectivity index (χ1v) is 9.16. The van der Waals surface area contributed by atoms with Crippen LogP contribution in [-0.4, -0.2) is 36.0 Å². The van der Waals surface area contributed by atoms with E-state index in [4.69, 9.17) is 0 Å². The molecule has 0 aliphatic carbocycles. The Kier molecular flexibility index (Phi) is 5.05. The van der Waals surface area contributed by atoms with Gasteiger partial charge in [0, 0.05) is 31.6 Å². The van der Waals surface area contributed by atoms with Crippen molar-refractivity contribution in [3.63, 3.8) is 0 Å². The van der Waals surface area contributed by atoms with E-state index in [2.05, 4.69) is 55.3 Å². The molecule has 0 spiro atoms. The topological polar surface area (TPSA) is 32.3 Å². The monoisotopic (exact) mass is 314 g/mol. The summed E-state index contributed by atoms with van der Waals surface area (Å²) in [6, 6.07) is 9.95. The zero-order valence-electron chi connectivity index (χ0n) is 14.7. The van der Waals surface area contributed by atoms with E-state index in [1.165, 1.54) is 24.0 Å². The first-order valence-electron chi connectivity index (χ1n) is 9.16. The average Bonchev–Trinajstić information content (AvgIpc) is 2.86. The largest absolute Gasteiger partial charge is 0.341 e. The number of amides is 1. The summed E-state index contributed by atoms with van der Waals surface area (Å²) < 4.78 is 0. The van der Waals surface area contributed by atoms with Crippen LogP contribution in [0.4, 0.5) is 0 Å². The minimum absolute atomic E-state index is 0.289. The molecule has 3 unspecified atom stereocenters. The lowest BCUT2D eigenvalue weighted by molar-refractivity contribution is -0.131. The number of carbonyl (C=O) groups excluding carboxylic acids is 1. The number of hydrogen-bond acceptors (Lipinski definition) is 2. The third-order valence-electron chi connectivity index (χ3n) is 5.53. The van der Waals surface area contributed by atoms with Crippen molar-refractivity contribution in [3.8, 4) is 0 Å². The molecule has 3 nitrogen and oxygen atoms in total. The van der Waals surface area contributed by atoms with Crippen molar-refractivity contribution in [2.75, 3.05) is 13.1 Å². The van der Waals surface area contributed by atoms with Crippen LogP contribution in [0.25, 0.3) is 0 Å². The maximum Gasteiger partial charge on any atom is 0.223 e. The molecule has 2 fully saturated rings. The number of likely N-dealkylation sites (tertiary alicyclic amines) is 1. The molecule has 2 aliphatic rings. The molecule has 0 aromatic heterocycles.